The van der Waals surface area contributed by atoms with Crippen molar-refractivity contribution in [3.63, 3.8) is 0 Å². The molecule has 2 aliphatic rings. The van der Waals surface area contributed by atoms with Crippen molar-refractivity contribution in [2.75, 3.05) is 6.79 Å². The molecule has 0 radical (unpaired) electrons. The summed E-state index contributed by atoms with van der Waals surface area (Å²) in [6.45, 7) is 4.22. The molecular weight excluding hydrogens is 404 g/mol. The Hall–Kier alpha value is -3.63. The molecule has 150 valence electrons. The van der Waals surface area contributed by atoms with Gasteiger partial charge in [0.25, 0.3) is 0 Å². The lowest BCUT2D eigenvalue weighted by molar-refractivity contribution is 0.174. The van der Waals surface area contributed by atoms with Crippen molar-refractivity contribution in [2.45, 2.75) is 19.8 Å². The van der Waals surface area contributed by atoms with Crippen molar-refractivity contribution in [2.24, 2.45) is 5.73 Å². The normalized spacial score (nSPS) is 16.8. The number of aryl methyl sites for hydroxylation is 2. The molecule has 5 rings (SSSR count). The quantitative estimate of drug-likeness (QED) is 0.640. The summed E-state index contributed by atoms with van der Waals surface area (Å²) in [5.41, 5.74) is 11.7. The van der Waals surface area contributed by atoms with Gasteiger partial charge in [0.1, 0.15) is 11.6 Å². The van der Waals surface area contributed by atoms with Crippen molar-refractivity contribution in [3.8, 4) is 34.7 Å². The molecule has 1 aromatic heterocycles. The third kappa shape index (κ3) is 2.69. The van der Waals surface area contributed by atoms with E-state index in [2.05, 4.69) is 29.3 Å². The van der Waals surface area contributed by atoms with Crippen LogP contribution in [0.3, 0.4) is 0 Å². The average molecular weight is 421 g/mol. The van der Waals surface area contributed by atoms with Crippen LogP contribution in [0.1, 0.15) is 28.2 Å². The van der Waals surface area contributed by atoms with Crippen molar-refractivity contribution in [3.05, 3.63) is 69.1 Å². The number of nitrogens with zero attached hydrogens (tertiary/aromatic N) is 2. The van der Waals surface area contributed by atoms with Crippen LogP contribution in [0.2, 0.25) is 5.02 Å². The fraction of sp³-hybridized carbons (Fsp3) is 0.182. The van der Waals surface area contributed by atoms with Gasteiger partial charge in [-0.05, 0) is 42.7 Å². The number of hydrogen-bond donors (Lipinski definition) is 2. The zero-order valence-corrected chi connectivity index (χ0v) is 17.0. The van der Waals surface area contributed by atoms with Gasteiger partial charge in [-0.1, -0.05) is 23.7 Å². The minimum atomic E-state index is -0.573. The lowest BCUT2D eigenvalue weighted by Crippen LogP contribution is -2.21. The maximum Gasteiger partial charge on any atom is 0.244 e. The van der Waals surface area contributed by atoms with Crippen LogP contribution in [0.4, 0.5) is 0 Å². The van der Waals surface area contributed by atoms with Crippen molar-refractivity contribution in [1.82, 2.24) is 10.2 Å². The van der Waals surface area contributed by atoms with Crippen molar-refractivity contribution < 1.29 is 14.2 Å². The highest BCUT2D eigenvalue weighted by molar-refractivity contribution is 6.31. The number of aromatic amines is 1. The van der Waals surface area contributed by atoms with Gasteiger partial charge in [0.2, 0.25) is 18.6 Å². The molecule has 0 aliphatic carbocycles. The number of nitrogens with two attached hydrogens (primary N) is 1. The van der Waals surface area contributed by atoms with Gasteiger partial charge in [-0.3, -0.25) is 5.10 Å². The number of halogens is 1. The van der Waals surface area contributed by atoms with E-state index in [1.54, 1.807) is 12.1 Å². The van der Waals surface area contributed by atoms with E-state index in [1.165, 1.54) is 5.56 Å². The summed E-state index contributed by atoms with van der Waals surface area (Å²) in [5, 5.41) is 17.7. The zero-order chi connectivity index (χ0) is 21.0. The van der Waals surface area contributed by atoms with Gasteiger partial charge in [0.15, 0.2) is 11.5 Å². The number of benzene rings is 2. The number of allylic oxidation sites excluding steroid dienone is 1. The van der Waals surface area contributed by atoms with Crippen LogP contribution in [-0.2, 0) is 0 Å². The van der Waals surface area contributed by atoms with Gasteiger partial charge in [-0.2, -0.15) is 5.26 Å². The Morgan fingerprint density at radius 2 is 1.93 bits per heavy atom. The Kier molecular flexibility index (Phi) is 4.12. The predicted octanol–water partition coefficient (Wildman–Crippen LogP) is 4.29. The van der Waals surface area contributed by atoms with Crippen molar-refractivity contribution in [1.29, 1.82) is 5.26 Å². The van der Waals surface area contributed by atoms with Gasteiger partial charge in [0, 0.05) is 16.7 Å². The Morgan fingerprint density at radius 1 is 1.17 bits per heavy atom. The predicted molar refractivity (Wildman–Crippen MR) is 110 cm³/mol. The second-order valence-corrected chi connectivity index (χ2v) is 7.68. The Balaban J connectivity index is 1.75. The van der Waals surface area contributed by atoms with Crippen molar-refractivity contribution >= 4 is 11.6 Å². The van der Waals surface area contributed by atoms with Gasteiger partial charge in [0.05, 0.1) is 17.2 Å². The minimum absolute atomic E-state index is 0.00173. The third-order valence-corrected chi connectivity index (χ3v) is 5.86. The topological polar surface area (TPSA) is 106 Å². The molecule has 3 heterocycles. The van der Waals surface area contributed by atoms with Crippen LogP contribution in [0, 0.1) is 25.2 Å². The Bertz CT molecular complexity index is 1270. The molecule has 2 aromatic carbocycles. The summed E-state index contributed by atoms with van der Waals surface area (Å²) in [5.74, 6) is 0.874. The monoisotopic (exact) mass is 420 g/mol. The molecule has 2 aliphatic heterocycles. The first-order valence-corrected chi connectivity index (χ1v) is 9.68. The first-order valence-electron chi connectivity index (χ1n) is 9.30. The van der Waals surface area contributed by atoms with Crippen LogP contribution >= 0.6 is 11.6 Å². The summed E-state index contributed by atoms with van der Waals surface area (Å²) in [4.78, 5) is 0. The van der Waals surface area contributed by atoms with E-state index in [0.717, 1.165) is 16.8 Å². The summed E-state index contributed by atoms with van der Waals surface area (Å²) >= 11 is 6.61. The molecule has 7 nitrogen and oxygen atoms in total. The summed E-state index contributed by atoms with van der Waals surface area (Å²) in [6, 6.07) is 11.8. The molecule has 0 saturated heterocycles. The van der Waals surface area contributed by atoms with Crippen LogP contribution in [0.15, 0.2) is 41.8 Å². The number of aromatic nitrogens is 2. The minimum Gasteiger partial charge on any atom is -0.454 e. The first-order chi connectivity index (χ1) is 14.5. The van der Waals surface area contributed by atoms with E-state index in [9.17, 15) is 5.26 Å². The lowest BCUT2D eigenvalue weighted by atomic mass is 9.82. The molecule has 30 heavy (non-hydrogen) atoms. The van der Waals surface area contributed by atoms with Crippen LogP contribution in [-0.4, -0.2) is 17.0 Å². The first kappa shape index (κ1) is 18.4. The van der Waals surface area contributed by atoms with Gasteiger partial charge in [-0.25, -0.2) is 0 Å². The lowest BCUT2D eigenvalue weighted by Gasteiger charge is -2.25. The van der Waals surface area contributed by atoms with Gasteiger partial charge >= 0.3 is 0 Å². The summed E-state index contributed by atoms with van der Waals surface area (Å²) in [6.07, 6.45) is 0. The zero-order valence-electron chi connectivity index (χ0n) is 16.2. The number of rotatable bonds is 2. The highest BCUT2D eigenvalue weighted by Crippen LogP contribution is 2.49. The number of H-pyrrole nitrogens is 1. The average Bonchev–Trinajstić information content (AvgIpc) is 3.34. The van der Waals surface area contributed by atoms with Crippen LogP contribution in [0.25, 0.3) is 11.3 Å². The maximum atomic E-state index is 9.89. The van der Waals surface area contributed by atoms with E-state index >= 15 is 0 Å². The fourth-order valence-corrected chi connectivity index (χ4v) is 4.09. The molecule has 0 bridgehead atoms. The van der Waals surface area contributed by atoms with E-state index < -0.39 is 5.92 Å². The number of hydrogen-bond acceptors (Lipinski definition) is 6. The molecule has 0 amide bonds. The molecule has 1 unspecified atom stereocenters. The second-order valence-electron chi connectivity index (χ2n) is 7.27. The Morgan fingerprint density at radius 3 is 2.67 bits per heavy atom. The SMILES string of the molecule is Cc1ccc(-c2[nH]nc3c2C(c2cc4c(cc2Cl)OCO4)C(C#N)=C(N)O3)cc1C. The van der Waals surface area contributed by atoms with Gasteiger partial charge < -0.3 is 19.9 Å². The molecule has 3 N–H and O–H groups in total. The highest BCUT2D eigenvalue weighted by Gasteiger charge is 2.37. The Labute approximate surface area is 177 Å². The van der Waals surface area contributed by atoms with E-state index in [0.29, 0.717) is 33.5 Å². The standard InChI is InChI=1S/C22H17ClN4O3/c1-10-3-4-12(5-11(10)2)20-19-18(14(8-24)21(25)30-22(19)27-26-20)13-6-16-17(7-15(13)23)29-9-28-16/h3-7,18H,9,25H2,1-2H3,(H,26,27). The molecule has 8 heteroatoms. The fourth-order valence-electron chi connectivity index (χ4n) is 3.83. The molecule has 0 spiro atoms. The summed E-state index contributed by atoms with van der Waals surface area (Å²) in [7, 11) is 0. The number of nitrogens with one attached hydrogen (secondary N) is 1. The highest BCUT2D eigenvalue weighted by atomic mass is 35.5. The number of fused-ring (bicyclic) bond motifs is 2. The molecule has 3 aromatic rings. The molecular formula is C22H17ClN4O3. The van der Waals surface area contributed by atoms with E-state index in [-0.39, 0.29) is 18.2 Å². The van der Waals surface area contributed by atoms with E-state index in [4.69, 9.17) is 31.5 Å². The number of nitriles is 1. The second kappa shape index (κ2) is 6.71. The largest absolute Gasteiger partial charge is 0.454 e. The maximum absolute atomic E-state index is 9.89. The molecule has 0 fully saturated rings. The number of ether oxygens (including phenoxy) is 3. The molecule has 0 saturated carbocycles. The van der Waals surface area contributed by atoms with Crippen LogP contribution in [0.5, 0.6) is 17.4 Å². The summed E-state index contributed by atoms with van der Waals surface area (Å²) < 4.78 is 16.6. The smallest absolute Gasteiger partial charge is 0.244 e. The molecule has 1 atom stereocenters. The third-order valence-electron chi connectivity index (χ3n) is 5.54. The van der Waals surface area contributed by atoms with Gasteiger partial charge in [-0.15, -0.1) is 5.10 Å². The van der Waals surface area contributed by atoms with Crippen LogP contribution < -0.4 is 19.9 Å². The van der Waals surface area contributed by atoms with E-state index in [1.807, 2.05) is 19.1 Å².